The van der Waals surface area contributed by atoms with Crippen LogP contribution in [0.1, 0.15) is 19.8 Å². The van der Waals surface area contributed by atoms with Crippen LogP contribution in [0, 0.1) is 0 Å². The van der Waals surface area contributed by atoms with Crippen LogP contribution in [0.3, 0.4) is 0 Å². The number of aliphatic hydroxyl groups excluding tert-OH is 1. The average Bonchev–Trinajstić information content (AvgIpc) is 1.96. The lowest BCUT2D eigenvalue weighted by atomic mass is 10.2. The second-order valence-electron chi connectivity index (χ2n) is 2.60. The SMILES string of the molecule is COCCOCCCC(C)O. The fraction of sp³-hybridized carbons (Fsp3) is 1.00. The minimum atomic E-state index is -0.207. The predicted molar refractivity (Wildman–Crippen MR) is 43.6 cm³/mol. The molecule has 3 nitrogen and oxygen atoms in total. The zero-order valence-electron chi connectivity index (χ0n) is 7.38. The summed E-state index contributed by atoms with van der Waals surface area (Å²) in [6, 6.07) is 0. The van der Waals surface area contributed by atoms with Gasteiger partial charge in [-0.2, -0.15) is 0 Å². The maximum absolute atomic E-state index is 8.87. The molecule has 0 saturated heterocycles. The van der Waals surface area contributed by atoms with Gasteiger partial charge in [0.25, 0.3) is 0 Å². The normalized spacial score (nSPS) is 13.4. The third-order valence-electron chi connectivity index (χ3n) is 1.34. The zero-order valence-corrected chi connectivity index (χ0v) is 7.38. The molecule has 0 spiro atoms. The Kier molecular flexibility index (Phi) is 7.89. The van der Waals surface area contributed by atoms with E-state index in [0.717, 1.165) is 12.8 Å². The molecule has 0 amide bonds. The molecule has 3 heteroatoms. The average molecular weight is 162 g/mol. The van der Waals surface area contributed by atoms with Crippen LogP contribution in [0.5, 0.6) is 0 Å². The smallest absolute Gasteiger partial charge is 0.0700 e. The molecule has 0 radical (unpaired) electrons. The second-order valence-corrected chi connectivity index (χ2v) is 2.60. The van der Waals surface area contributed by atoms with E-state index in [1.165, 1.54) is 0 Å². The molecule has 0 aliphatic heterocycles. The molecule has 0 saturated carbocycles. The summed E-state index contributed by atoms with van der Waals surface area (Å²) in [5, 5.41) is 8.87. The number of hydrogen-bond acceptors (Lipinski definition) is 3. The van der Waals surface area contributed by atoms with Crippen LogP contribution in [0.15, 0.2) is 0 Å². The first-order valence-electron chi connectivity index (χ1n) is 4.02. The molecule has 0 aliphatic rings. The number of methoxy groups -OCH3 is 1. The fourth-order valence-corrected chi connectivity index (χ4v) is 0.725. The molecule has 0 aromatic carbocycles. The highest BCUT2D eigenvalue weighted by Gasteiger charge is 1.94. The molecule has 1 N–H and O–H groups in total. The zero-order chi connectivity index (χ0) is 8.53. The van der Waals surface area contributed by atoms with Crippen molar-refractivity contribution in [2.24, 2.45) is 0 Å². The molecule has 0 rings (SSSR count). The van der Waals surface area contributed by atoms with Gasteiger partial charge in [-0.3, -0.25) is 0 Å². The Labute approximate surface area is 68.3 Å². The van der Waals surface area contributed by atoms with Crippen molar-refractivity contribution in [1.82, 2.24) is 0 Å². The van der Waals surface area contributed by atoms with Gasteiger partial charge in [0.15, 0.2) is 0 Å². The van der Waals surface area contributed by atoms with Crippen LogP contribution in [0.4, 0.5) is 0 Å². The van der Waals surface area contributed by atoms with E-state index in [1.54, 1.807) is 14.0 Å². The summed E-state index contributed by atoms with van der Waals surface area (Å²) in [6.45, 7) is 3.80. The van der Waals surface area contributed by atoms with E-state index in [9.17, 15) is 0 Å². The Bertz CT molecular complexity index is 73.7. The van der Waals surface area contributed by atoms with Crippen LogP contribution in [0.25, 0.3) is 0 Å². The number of ether oxygens (including phenoxy) is 2. The maximum Gasteiger partial charge on any atom is 0.0700 e. The van der Waals surface area contributed by atoms with E-state index < -0.39 is 0 Å². The van der Waals surface area contributed by atoms with E-state index in [4.69, 9.17) is 14.6 Å². The van der Waals surface area contributed by atoms with E-state index in [-0.39, 0.29) is 6.10 Å². The van der Waals surface area contributed by atoms with Gasteiger partial charge < -0.3 is 14.6 Å². The van der Waals surface area contributed by atoms with Gasteiger partial charge in [-0.15, -0.1) is 0 Å². The predicted octanol–water partition coefficient (Wildman–Crippen LogP) is 0.810. The molecule has 0 aliphatic carbocycles. The number of hydrogen-bond donors (Lipinski definition) is 1. The monoisotopic (exact) mass is 162 g/mol. The Hall–Kier alpha value is -0.120. The van der Waals surface area contributed by atoms with Gasteiger partial charge in [0, 0.05) is 13.7 Å². The standard InChI is InChI=1S/C8H18O3/c1-8(9)4-3-5-11-7-6-10-2/h8-9H,3-7H2,1-2H3. The first-order valence-corrected chi connectivity index (χ1v) is 4.02. The van der Waals surface area contributed by atoms with Crippen LogP contribution in [-0.2, 0) is 9.47 Å². The van der Waals surface area contributed by atoms with Gasteiger partial charge in [0.05, 0.1) is 19.3 Å². The van der Waals surface area contributed by atoms with Gasteiger partial charge in [-0.05, 0) is 19.8 Å². The lowest BCUT2D eigenvalue weighted by Crippen LogP contribution is -2.06. The van der Waals surface area contributed by atoms with Crippen LogP contribution < -0.4 is 0 Å². The van der Waals surface area contributed by atoms with Crippen molar-refractivity contribution in [3.8, 4) is 0 Å². The van der Waals surface area contributed by atoms with Gasteiger partial charge in [0.2, 0.25) is 0 Å². The summed E-state index contributed by atoms with van der Waals surface area (Å²) >= 11 is 0. The van der Waals surface area contributed by atoms with Crippen molar-refractivity contribution >= 4 is 0 Å². The summed E-state index contributed by atoms with van der Waals surface area (Å²) in [5.41, 5.74) is 0. The lowest BCUT2D eigenvalue weighted by molar-refractivity contribution is 0.0631. The lowest BCUT2D eigenvalue weighted by Gasteiger charge is -2.04. The van der Waals surface area contributed by atoms with Crippen molar-refractivity contribution in [2.75, 3.05) is 26.9 Å². The summed E-state index contributed by atoms with van der Waals surface area (Å²) in [4.78, 5) is 0. The molecular weight excluding hydrogens is 144 g/mol. The highest BCUT2D eigenvalue weighted by atomic mass is 16.5. The minimum Gasteiger partial charge on any atom is -0.393 e. The molecule has 1 unspecified atom stereocenters. The van der Waals surface area contributed by atoms with Crippen molar-refractivity contribution in [3.63, 3.8) is 0 Å². The minimum absolute atomic E-state index is 0.207. The van der Waals surface area contributed by atoms with Gasteiger partial charge in [-0.1, -0.05) is 0 Å². The van der Waals surface area contributed by atoms with Crippen LogP contribution in [0.2, 0.25) is 0 Å². The molecule has 68 valence electrons. The highest BCUT2D eigenvalue weighted by Crippen LogP contribution is 1.95. The number of rotatable bonds is 7. The molecule has 11 heavy (non-hydrogen) atoms. The van der Waals surface area contributed by atoms with E-state index in [2.05, 4.69) is 0 Å². The molecule has 1 atom stereocenters. The summed E-state index contributed by atoms with van der Waals surface area (Å²) in [7, 11) is 1.65. The Morgan fingerprint density at radius 2 is 2.00 bits per heavy atom. The molecule has 0 bridgehead atoms. The van der Waals surface area contributed by atoms with Gasteiger partial charge in [0.1, 0.15) is 0 Å². The number of aliphatic hydroxyl groups is 1. The summed E-state index contributed by atoms with van der Waals surface area (Å²) < 4.78 is 9.98. The van der Waals surface area contributed by atoms with Gasteiger partial charge in [-0.25, -0.2) is 0 Å². The molecule has 0 aromatic heterocycles. The molecular formula is C8H18O3. The van der Waals surface area contributed by atoms with Crippen LogP contribution in [-0.4, -0.2) is 38.1 Å². The van der Waals surface area contributed by atoms with E-state index >= 15 is 0 Å². The van der Waals surface area contributed by atoms with Crippen molar-refractivity contribution < 1.29 is 14.6 Å². The van der Waals surface area contributed by atoms with Crippen LogP contribution >= 0.6 is 0 Å². The topological polar surface area (TPSA) is 38.7 Å². The van der Waals surface area contributed by atoms with Crippen molar-refractivity contribution in [2.45, 2.75) is 25.9 Å². The van der Waals surface area contributed by atoms with Crippen molar-refractivity contribution in [1.29, 1.82) is 0 Å². The van der Waals surface area contributed by atoms with Gasteiger partial charge >= 0.3 is 0 Å². The third-order valence-corrected chi connectivity index (χ3v) is 1.34. The van der Waals surface area contributed by atoms with E-state index in [1.807, 2.05) is 0 Å². The highest BCUT2D eigenvalue weighted by molar-refractivity contribution is 4.45. The summed E-state index contributed by atoms with van der Waals surface area (Å²) in [5.74, 6) is 0. The summed E-state index contributed by atoms with van der Waals surface area (Å²) in [6.07, 6.45) is 1.52. The second kappa shape index (κ2) is 7.98. The fourth-order valence-electron chi connectivity index (χ4n) is 0.725. The quantitative estimate of drug-likeness (QED) is 0.563. The van der Waals surface area contributed by atoms with Crippen molar-refractivity contribution in [3.05, 3.63) is 0 Å². The Balaban J connectivity index is 2.80. The van der Waals surface area contributed by atoms with E-state index in [0.29, 0.717) is 19.8 Å². The maximum atomic E-state index is 8.87. The molecule has 0 fully saturated rings. The Morgan fingerprint density at radius 1 is 1.27 bits per heavy atom. The molecule has 0 heterocycles. The molecule has 0 aromatic rings. The Morgan fingerprint density at radius 3 is 2.55 bits per heavy atom. The largest absolute Gasteiger partial charge is 0.393 e. The third kappa shape index (κ3) is 9.88. The first kappa shape index (κ1) is 10.9. The first-order chi connectivity index (χ1) is 5.27.